The monoisotopic (exact) mass is 501 g/mol. The minimum absolute atomic E-state index is 0.101. The maximum atomic E-state index is 12.4. The number of aromatic nitrogens is 2. The fraction of sp³-hybridized carbons (Fsp3) is 0.333. The van der Waals surface area contributed by atoms with E-state index in [2.05, 4.69) is 28.1 Å². The summed E-state index contributed by atoms with van der Waals surface area (Å²) < 4.78 is 18.8. The molecule has 7 nitrogen and oxygen atoms in total. The second kappa shape index (κ2) is 13.3. The Labute approximate surface area is 218 Å². The lowest BCUT2D eigenvalue weighted by molar-refractivity contribution is 0.0950. The van der Waals surface area contributed by atoms with Gasteiger partial charge in [0.15, 0.2) is 0 Å². The lowest BCUT2D eigenvalue weighted by Crippen LogP contribution is -2.24. The Morgan fingerprint density at radius 1 is 0.865 bits per heavy atom. The van der Waals surface area contributed by atoms with E-state index in [1.807, 2.05) is 42.5 Å². The highest BCUT2D eigenvalue weighted by atomic mass is 16.5. The first-order chi connectivity index (χ1) is 18.2. The van der Waals surface area contributed by atoms with E-state index in [0.29, 0.717) is 24.5 Å². The van der Waals surface area contributed by atoms with E-state index in [1.54, 1.807) is 26.4 Å². The minimum Gasteiger partial charge on any atom is -0.497 e. The highest BCUT2D eigenvalue weighted by Gasteiger charge is 2.12. The molecule has 0 unspecified atom stereocenters. The molecule has 4 rings (SSSR count). The molecule has 0 aliphatic heterocycles. The molecule has 1 amide bonds. The fourth-order valence-electron chi connectivity index (χ4n) is 4.38. The molecule has 1 N–H and O–H groups in total. The number of hydrogen-bond acceptors (Lipinski definition) is 5. The van der Waals surface area contributed by atoms with Crippen LogP contribution in [0.5, 0.6) is 17.2 Å². The molecular weight excluding hydrogens is 466 g/mol. The summed E-state index contributed by atoms with van der Waals surface area (Å²) in [7, 11) is 3.23. The maximum absolute atomic E-state index is 12.4. The van der Waals surface area contributed by atoms with E-state index >= 15 is 0 Å². The molecule has 0 spiro atoms. The Balaban J connectivity index is 1.25. The smallest absolute Gasteiger partial charge is 0.255 e. The van der Waals surface area contributed by atoms with Gasteiger partial charge in [-0.1, -0.05) is 36.8 Å². The van der Waals surface area contributed by atoms with Crippen LogP contribution in [-0.2, 0) is 13.0 Å². The summed E-state index contributed by atoms with van der Waals surface area (Å²) in [5, 5.41) is 3.00. The third-order valence-electron chi connectivity index (χ3n) is 6.28. The van der Waals surface area contributed by atoms with Gasteiger partial charge in [0.05, 0.1) is 37.4 Å². The number of hydrogen-bond donors (Lipinski definition) is 1. The largest absolute Gasteiger partial charge is 0.497 e. The number of fused-ring (bicyclic) bond motifs is 1. The number of nitrogens with one attached hydrogen (secondary N) is 1. The number of amides is 1. The highest BCUT2D eigenvalue weighted by Crippen LogP contribution is 2.21. The molecule has 37 heavy (non-hydrogen) atoms. The van der Waals surface area contributed by atoms with Crippen molar-refractivity contribution in [2.24, 2.45) is 0 Å². The third kappa shape index (κ3) is 7.03. The van der Waals surface area contributed by atoms with E-state index in [4.69, 9.17) is 19.2 Å². The van der Waals surface area contributed by atoms with Gasteiger partial charge >= 0.3 is 0 Å². The number of ether oxygens (including phenoxy) is 3. The highest BCUT2D eigenvalue weighted by molar-refractivity contribution is 5.96. The van der Waals surface area contributed by atoms with Crippen molar-refractivity contribution in [3.8, 4) is 17.2 Å². The third-order valence-corrected chi connectivity index (χ3v) is 6.28. The van der Waals surface area contributed by atoms with E-state index in [1.165, 1.54) is 0 Å². The predicted octanol–water partition coefficient (Wildman–Crippen LogP) is 5.67. The number of benzene rings is 3. The normalized spacial score (nSPS) is 10.9. The average Bonchev–Trinajstić information content (AvgIpc) is 3.30. The summed E-state index contributed by atoms with van der Waals surface area (Å²) in [4.78, 5) is 17.3. The van der Waals surface area contributed by atoms with E-state index < -0.39 is 0 Å². The Morgan fingerprint density at radius 2 is 1.68 bits per heavy atom. The number of methoxy groups -OCH3 is 2. The van der Waals surface area contributed by atoms with Crippen LogP contribution in [0.2, 0.25) is 0 Å². The molecule has 0 aliphatic carbocycles. The zero-order valence-electron chi connectivity index (χ0n) is 21.6. The van der Waals surface area contributed by atoms with Crippen molar-refractivity contribution in [3.63, 3.8) is 0 Å². The zero-order valence-corrected chi connectivity index (χ0v) is 21.6. The van der Waals surface area contributed by atoms with Crippen LogP contribution in [0.25, 0.3) is 11.0 Å². The molecule has 3 aromatic carbocycles. The second-order valence-electron chi connectivity index (χ2n) is 8.82. The Kier molecular flexibility index (Phi) is 9.41. The Bertz CT molecular complexity index is 1300. The molecule has 0 radical (unpaired) electrons. The molecule has 0 aliphatic rings. The minimum atomic E-state index is -0.101. The molecule has 0 bridgehead atoms. The number of carbonyl (C=O) groups excluding carboxylic acids is 1. The first-order valence-corrected chi connectivity index (χ1v) is 12.8. The maximum Gasteiger partial charge on any atom is 0.255 e. The van der Waals surface area contributed by atoms with Gasteiger partial charge in [-0.25, -0.2) is 4.98 Å². The van der Waals surface area contributed by atoms with Crippen molar-refractivity contribution < 1.29 is 19.0 Å². The van der Waals surface area contributed by atoms with Crippen molar-refractivity contribution in [1.82, 2.24) is 14.9 Å². The van der Waals surface area contributed by atoms with Crippen molar-refractivity contribution in [2.75, 3.05) is 27.4 Å². The van der Waals surface area contributed by atoms with Crippen molar-refractivity contribution in [1.29, 1.82) is 0 Å². The van der Waals surface area contributed by atoms with Crippen LogP contribution in [0.15, 0.2) is 72.8 Å². The lowest BCUT2D eigenvalue weighted by Gasteiger charge is -2.11. The van der Waals surface area contributed by atoms with Crippen LogP contribution in [-0.4, -0.2) is 42.8 Å². The summed E-state index contributed by atoms with van der Waals surface area (Å²) in [6.45, 7) is 2.09. The van der Waals surface area contributed by atoms with Gasteiger partial charge in [-0.15, -0.1) is 0 Å². The van der Waals surface area contributed by atoms with E-state index in [-0.39, 0.29) is 5.91 Å². The summed E-state index contributed by atoms with van der Waals surface area (Å²) in [6, 6.07) is 23.2. The summed E-state index contributed by atoms with van der Waals surface area (Å²) in [5.41, 5.74) is 2.74. The number of aryl methyl sites for hydroxylation is 2. The van der Waals surface area contributed by atoms with Crippen LogP contribution in [0.1, 0.15) is 41.9 Å². The molecular formula is C30H35N3O4. The van der Waals surface area contributed by atoms with Crippen LogP contribution in [0, 0.1) is 0 Å². The number of nitrogens with zero attached hydrogens (tertiary/aromatic N) is 2. The molecule has 194 valence electrons. The summed E-state index contributed by atoms with van der Waals surface area (Å²) in [6.07, 6.45) is 4.70. The molecule has 7 heteroatoms. The number of imidazole rings is 1. The van der Waals surface area contributed by atoms with Gasteiger partial charge in [-0.05, 0) is 55.7 Å². The van der Waals surface area contributed by atoms with E-state index in [0.717, 1.165) is 67.0 Å². The Morgan fingerprint density at radius 3 is 2.54 bits per heavy atom. The molecule has 0 fully saturated rings. The molecule has 1 aromatic heterocycles. The van der Waals surface area contributed by atoms with Gasteiger partial charge in [-0.2, -0.15) is 0 Å². The van der Waals surface area contributed by atoms with Gasteiger partial charge in [0, 0.05) is 25.6 Å². The molecule has 0 saturated heterocycles. The lowest BCUT2D eigenvalue weighted by atomic mass is 10.1. The number of para-hydroxylation sites is 3. The molecule has 0 atom stereocenters. The zero-order chi connectivity index (χ0) is 25.9. The first-order valence-electron chi connectivity index (χ1n) is 12.8. The van der Waals surface area contributed by atoms with E-state index in [9.17, 15) is 4.79 Å². The number of rotatable bonds is 14. The SMILES string of the molecule is COc1cccc(OCCCn2c(CCCCCNC(=O)c3ccccc3OC)nc3ccccc32)c1. The first kappa shape index (κ1) is 26.1. The van der Waals surface area contributed by atoms with Crippen LogP contribution < -0.4 is 19.5 Å². The van der Waals surface area contributed by atoms with Crippen molar-refractivity contribution >= 4 is 16.9 Å². The average molecular weight is 502 g/mol. The van der Waals surface area contributed by atoms with Crippen molar-refractivity contribution in [3.05, 3.63) is 84.2 Å². The topological polar surface area (TPSA) is 74.6 Å². The molecule has 0 saturated carbocycles. The quantitative estimate of drug-likeness (QED) is 0.226. The van der Waals surface area contributed by atoms with Gasteiger partial charge in [0.1, 0.15) is 23.1 Å². The van der Waals surface area contributed by atoms with Gasteiger partial charge in [0.25, 0.3) is 5.91 Å². The second-order valence-corrected chi connectivity index (χ2v) is 8.82. The van der Waals surface area contributed by atoms with Crippen molar-refractivity contribution in [2.45, 2.75) is 38.6 Å². The van der Waals surface area contributed by atoms with Crippen LogP contribution in [0.4, 0.5) is 0 Å². The molecule has 1 heterocycles. The predicted molar refractivity (Wildman–Crippen MR) is 146 cm³/mol. The van der Waals surface area contributed by atoms with Crippen LogP contribution >= 0.6 is 0 Å². The van der Waals surface area contributed by atoms with Gasteiger partial charge < -0.3 is 24.1 Å². The summed E-state index contributed by atoms with van der Waals surface area (Å²) in [5.74, 6) is 3.19. The van der Waals surface area contributed by atoms with Crippen LogP contribution in [0.3, 0.4) is 0 Å². The number of unbranched alkanes of at least 4 members (excludes halogenated alkanes) is 2. The molecule has 4 aromatic rings. The fourth-order valence-corrected chi connectivity index (χ4v) is 4.38. The van der Waals surface area contributed by atoms with Gasteiger partial charge in [0.2, 0.25) is 0 Å². The number of carbonyl (C=O) groups is 1. The Hall–Kier alpha value is -4.00. The van der Waals surface area contributed by atoms with Gasteiger partial charge in [-0.3, -0.25) is 4.79 Å². The summed E-state index contributed by atoms with van der Waals surface area (Å²) >= 11 is 0. The standard InChI is InChI=1S/C30H35N3O4/c1-35-23-12-10-13-24(22-23)37-21-11-20-33-27-16-7-6-15-26(27)32-29(33)18-4-3-9-19-31-30(34)25-14-5-8-17-28(25)36-2/h5-8,10,12-17,22H,3-4,9,11,18-21H2,1-2H3,(H,31,34).